The number of nitro benzene ring substituents is 1. The number of rotatable bonds is 6. The first-order valence-corrected chi connectivity index (χ1v) is 6.76. The van der Waals surface area contributed by atoms with Crippen LogP contribution in [0.4, 0.5) is 5.69 Å². The van der Waals surface area contributed by atoms with Gasteiger partial charge >= 0.3 is 0 Å². The van der Waals surface area contributed by atoms with Gasteiger partial charge in [-0.1, -0.05) is 18.2 Å². The number of methoxy groups -OCH3 is 1. The van der Waals surface area contributed by atoms with E-state index >= 15 is 0 Å². The van der Waals surface area contributed by atoms with Crippen LogP contribution in [-0.4, -0.2) is 24.5 Å². The van der Waals surface area contributed by atoms with E-state index in [-0.39, 0.29) is 11.6 Å². The summed E-state index contributed by atoms with van der Waals surface area (Å²) in [7, 11) is 1.61. The van der Waals surface area contributed by atoms with Crippen LogP contribution in [0.5, 0.6) is 5.75 Å². The fraction of sp³-hybridized carbons (Fsp3) is 0.188. The number of amides is 1. The molecule has 0 aromatic heterocycles. The van der Waals surface area contributed by atoms with Gasteiger partial charge in [0.1, 0.15) is 5.75 Å². The van der Waals surface area contributed by atoms with Gasteiger partial charge in [0.05, 0.1) is 12.0 Å². The summed E-state index contributed by atoms with van der Waals surface area (Å²) >= 11 is 0. The lowest BCUT2D eigenvalue weighted by Gasteiger charge is -2.09. The summed E-state index contributed by atoms with van der Waals surface area (Å²) in [5.41, 5.74) is 1.37. The van der Waals surface area contributed by atoms with Crippen LogP contribution in [-0.2, 0) is 6.42 Å². The molecule has 2 aromatic carbocycles. The van der Waals surface area contributed by atoms with E-state index in [1.165, 1.54) is 24.3 Å². The molecule has 0 aliphatic rings. The van der Waals surface area contributed by atoms with E-state index in [4.69, 9.17) is 4.74 Å². The Morgan fingerprint density at radius 3 is 2.50 bits per heavy atom. The van der Waals surface area contributed by atoms with Crippen LogP contribution in [0.1, 0.15) is 15.9 Å². The van der Waals surface area contributed by atoms with Crippen molar-refractivity contribution in [2.75, 3.05) is 13.7 Å². The molecule has 0 unspecified atom stereocenters. The molecule has 6 nitrogen and oxygen atoms in total. The average molecular weight is 300 g/mol. The summed E-state index contributed by atoms with van der Waals surface area (Å²) in [6, 6.07) is 13.1. The number of non-ortho nitro benzene ring substituents is 1. The molecule has 0 saturated heterocycles. The summed E-state index contributed by atoms with van der Waals surface area (Å²) in [4.78, 5) is 22.0. The second-order valence-electron chi connectivity index (χ2n) is 4.62. The first-order chi connectivity index (χ1) is 10.6. The Labute approximate surface area is 127 Å². The third-order valence-corrected chi connectivity index (χ3v) is 3.21. The predicted octanol–water partition coefficient (Wildman–Crippen LogP) is 2.58. The van der Waals surface area contributed by atoms with Gasteiger partial charge in [0.2, 0.25) is 0 Å². The van der Waals surface area contributed by atoms with E-state index in [0.29, 0.717) is 18.5 Å². The van der Waals surface area contributed by atoms with Crippen molar-refractivity contribution in [3.63, 3.8) is 0 Å². The summed E-state index contributed by atoms with van der Waals surface area (Å²) in [5, 5.41) is 13.3. The maximum atomic E-state index is 12.0. The van der Waals surface area contributed by atoms with Crippen molar-refractivity contribution in [3.05, 3.63) is 69.8 Å². The number of ether oxygens (including phenoxy) is 1. The number of nitrogens with one attached hydrogen (secondary N) is 1. The fourth-order valence-corrected chi connectivity index (χ4v) is 2.06. The van der Waals surface area contributed by atoms with Crippen LogP contribution in [0.15, 0.2) is 48.5 Å². The topological polar surface area (TPSA) is 81.5 Å². The minimum Gasteiger partial charge on any atom is -0.496 e. The highest BCUT2D eigenvalue weighted by Gasteiger charge is 2.09. The van der Waals surface area contributed by atoms with Gasteiger partial charge in [-0.05, 0) is 30.2 Å². The number of carbonyl (C=O) groups excluding carboxylic acids is 1. The predicted molar refractivity (Wildman–Crippen MR) is 82.1 cm³/mol. The molecule has 0 aliphatic carbocycles. The molecular weight excluding hydrogens is 284 g/mol. The van der Waals surface area contributed by atoms with Gasteiger partial charge < -0.3 is 10.1 Å². The monoisotopic (exact) mass is 300 g/mol. The van der Waals surface area contributed by atoms with Gasteiger partial charge in [0.15, 0.2) is 0 Å². The minimum atomic E-state index is -0.497. The molecule has 0 saturated carbocycles. The Bertz CT molecular complexity index is 668. The van der Waals surface area contributed by atoms with E-state index < -0.39 is 4.92 Å². The highest BCUT2D eigenvalue weighted by Crippen LogP contribution is 2.17. The molecule has 0 radical (unpaired) electrons. The molecule has 2 aromatic rings. The first-order valence-electron chi connectivity index (χ1n) is 6.76. The Morgan fingerprint density at radius 2 is 1.86 bits per heavy atom. The third-order valence-electron chi connectivity index (χ3n) is 3.21. The molecule has 1 amide bonds. The number of hydrogen-bond acceptors (Lipinski definition) is 4. The van der Waals surface area contributed by atoms with Crippen molar-refractivity contribution in [1.82, 2.24) is 5.32 Å². The zero-order valence-electron chi connectivity index (χ0n) is 12.1. The molecule has 0 heterocycles. The number of carbonyl (C=O) groups is 1. The van der Waals surface area contributed by atoms with Crippen molar-refractivity contribution in [2.24, 2.45) is 0 Å². The lowest BCUT2D eigenvalue weighted by atomic mass is 10.1. The Hall–Kier alpha value is -2.89. The molecule has 1 N–H and O–H groups in total. The molecule has 22 heavy (non-hydrogen) atoms. The molecule has 0 spiro atoms. The molecule has 0 fully saturated rings. The van der Waals surface area contributed by atoms with Gasteiger partial charge in [-0.2, -0.15) is 0 Å². The zero-order chi connectivity index (χ0) is 15.9. The normalized spacial score (nSPS) is 10.0. The molecule has 6 heteroatoms. The molecule has 114 valence electrons. The van der Waals surface area contributed by atoms with Gasteiger partial charge in [-0.15, -0.1) is 0 Å². The van der Waals surface area contributed by atoms with Crippen LogP contribution in [0.25, 0.3) is 0 Å². The maximum Gasteiger partial charge on any atom is 0.269 e. The van der Waals surface area contributed by atoms with Crippen molar-refractivity contribution < 1.29 is 14.5 Å². The molecule has 2 rings (SSSR count). The fourth-order valence-electron chi connectivity index (χ4n) is 2.06. The van der Waals surface area contributed by atoms with E-state index in [9.17, 15) is 14.9 Å². The van der Waals surface area contributed by atoms with Crippen LogP contribution in [0.3, 0.4) is 0 Å². The van der Waals surface area contributed by atoms with Crippen LogP contribution < -0.4 is 10.1 Å². The van der Waals surface area contributed by atoms with E-state index in [0.717, 1.165) is 11.3 Å². The molecule has 0 atom stereocenters. The van der Waals surface area contributed by atoms with E-state index in [1.54, 1.807) is 7.11 Å². The van der Waals surface area contributed by atoms with Crippen molar-refractivity contribution in [2.45, 2.75) is 6.42 Å². The van der Waals surface area contributed by atoms with E-state index in [2.05, 4.69) is 5.32 Å². The Kier molecular flexibility index (Phi) is 5.08. The highest BCUT2D eigenvalue weighted by molar-refractivity contribution is 5.94. The highest BCUT2D eigenvalue weighted by atomic mass is 16.6. The Balaban J connectivity index is 1.91. The van der Waals surface area contributed by atoms with Gasteiger partial charge in [-0.25, -0.2) is 0 Å². The van der Waals surface area contributed by atoms with Crippen LogP contribution in [0, 0.1) is 10.1 Å². The Morgan fingerprint density at radius 1 is 1.18 bits per heavy atom. The van der Waals surface area contributed by atoms with Crippen LogP contribution in [0.2, 0.25) is 0 Å². The molecular formula is C16H16N2O4. The summed E-state index contributed by atoms with van der Waals surface area (Å²) in [5.74, 6) is 0.525. The third kappa shape index (κ3) is 3.82. The summed E-state index contributed by atoms with van der Waals surface area (Å²) in [6.45, 7) is 0.455. The number of para-hydroxylation sites is 1. The number of hydrogen-bond donors (Lipinski definition) is 1. The van der Waals surface area contributed by atoms with Crippen molar-refractivity contribution >= 4 is 11.6 Å². The SMILES string of the molecule is COc1ccccc1CCNC(=O)c1ccc([N+](=O)[O-])cc1. The summed E-state index contributed by atoms with van der Waals surface area (Å²) < 4.78 is 5.25. The number of benzene rings is 2. The number of nitrogens with zero attached hydrogens (tertiary/aromatic N) is 1. The van der Waals surface area contributed by atoms with Crippen molar-refractivity contribution in [1.29, 1.82) is 0 Å². The van der Waals surface area contributed by atoms with Gasteiger partial charge in [-0.3, -0.25) is 14.9 Å². The van der Waals surface area contributed by atoms with Crippen molar-refractivity contribution in [3.8, 4) is 5.75 Å². The average Bonchev–Trinajstić information content (AvgIpc) is 2.55. The lowest BCUT2D eigenvalue weighted by molar-refractivity contribution is -0.384. The largest absolute Gasteiger partial charge is 0.496 e. The lowest BCUT2D eigenvalue weighted by Crippen LogP contribution is -2.25. The minimum absolute atomic E-state index is 0.0365. The van der Waals surface area contributed by atoms with Gasteiger partial charge in [0, 0.05) is 24.2 Å². The van der Waals surface area contributed by atoms with E-state index in [1.807, 2.05) is 24.3 Å². The second-order valence-corrected chi connectivity index (χ2v) is 4.62. The van der Waals surface area contributed by atoms with Gasteiger partial charge in [0.25, 0.3) is 11.6 Å². The summed E-state index contributed by atoms with van der Waals surface area (Å²) in [6.07, 6.45) is 0.642. The standard InChI is InChI=1S/C16H16N2O4/c1-22-15-5-3-2-4-12(15)10-11-17-16(19)13-6-8-14(9-7-13)18(20)21/h2-9H,10-11H2,1H3,(H,17,19). The maximum absolute atomic E-state index is 12.0. The quantitative estimate of drug-likeness (QED) is 0.656. The number of nitro groups is 1. The molecule has 0 bridgehead atoms. The smallest absolute Gasteiger partial charge is 0.269 e. The first kappa shape index (κ1) is 15.5. The second kappa shape index (κ2) is 7.21. The zero-order valence-corrected chi connectivity index (χ0v) is 12.1. The molecule has 0 aliphatic heterocycles. The van der Waals surface area contributed by atoms with Crippen LogP contribution >= 0.6 is 0 Å².